The van der Waals surface area contributed by atoms with E-state index < -0.39 is 0 Å². The molecule has 0 fully saturated rings. The van der Waals surface area contributed by atoms with Gasteiger partial charge in [-0.2, -0.15) is 0 Å². The monoisotopic (exact) mass is 308 g/mol. The summed E-state index contributed by atoms with van der Waals surface area (Å²) < 4.78 is 10.4. The molecule has 0 unspecified atom stereocenters. The molecule has 0 spiro atoms. The van der Waals surface area contributed by atoms with E-state index in [0.29, 0.717) is 17.1 Å². The average Bonchev–Trinajstić information content (AvgIpc) is 2.43. The molecule has 1 rings (SSSR count). The summed E-state index contributed by atoms with van der Waals surface area (Å²) in [6.07, 6.45) is 0.114. The Morgan fingerprint density at radius 1 is 1.09 bits per heavy atom. The largest absolute Gasteiger partial charge is 0.497 e. The number of methoxy groups -OCH3 is 2. The Balaban J connectivity index is 2.60. The van der Waals surface area contributed by atoms with Gasteiger partial charge in [0, 0.05) is 11.1 Å². The zero-order valence-electron chi connectivity index (χ0n) is 13.8. The third kappa shape index (κ3) is 6.03. The average molecular weight is 308 g/mol. The normalized spacial score (nSPS) is 10.8. The van der Waals surface area contributed by atoms with Crippen molar-refractivity contribution in [3.05, 3.63) is 23.8 Å². The van der Waals surface area contributed by atoms with E-state index in [1.807, 2.05) is 20.8 Å². The lowest BCUT2D eigenvalue weighted by Gasteiger charge is -2.20. The van der Waals surface area contributed by atoms with E-state index >= 15 is 0 Å². The SMILES string of the molecule is COc1ccc(OC)c(CC(=O)NCC(=O)NC(C)(C)C)c1. The molecular formula is C16H24N2O4. The van der Waals surface area contributed by atoms with Gasteiger partial charge in [-0.1, -0.05) is 0 Å². The first kappa shape index (κ1) is 17.8. The molecular weight excluding hydrogens is 284 g/mol. The summed E-state index contributed by atoms with van der Waals surface area (Å²) in [5.74, 6) is 0.776. The number of carbonyl (C=O) groups is 2. The van der Waals surface area contributed by atoms with Crippen molar-refractivity contribution in [1.29, 1.82) is 0 Å². The van der Waals surface area contributed by atoms with Gasteiger partial charge in [-0.25, -0.2) is 0 Å². The smallest absolute Gasteiger partial charge is 0.239 e. The summed E-state index contributed by atoms with van der Waals surface area (Å²) in [6.45, 7) is 5.60. The predicted octanol–water partition coefficient (Wildman–Crippen LogP) is 1.28. The van der Waals surface area contributed by atoms with E-state index in [1.165, 1.54) is 0 Å². The first-order valence-electron chi connectivity index (χ1n) is 7.04. The highest BCUT2D eigenvalue weighted by molar-refractivity contribution is 5.86. The summed E-state index contributed by atoms with van der Waals surface area (Å²) in [4.78, 5) is 23.6. The zero-order chi connectivity index (χ0) is 16.8. The van der Waals surface area contributed by atoms with Gasteiger partial charge in [0.05, 0.1) is 27.2 Å². The second kappa shape index (κ2) is 7.68. The van der Waals surface area contributed by atoms with Gasteiger partial charge < -0.3 is 20.1 Å². The van der Waals surface area contributed by atoms with Crippen molar-refractivity contribution >= 4 is 11.8 Å². The van der Waals surface area contributed by atoms with Gasteiger partial charge in [0.25, 0.3) is 0 Å². The number of hydrogen-bond donors (Lipinski definition) is 2. The van der Waals surface area contributed by atoms with E-state index in [2.05, 4.69) is 10.6 Å². The fourth-order valence-electron chi connectivity index (χ4n) is 1.90. The highest BCUT2D eigenvalue weighted by Gasteiger charge is 2.15. The Kier molecular flexibility index (Phi) is 6.22. The highest BCUT2D eigenvalue weighted by atomic mass is 16.5. The third-order valence-electron chi connectivity index (χ3n) is 2.80. The van der Waals surface area contributed by atoms with Gasteiger partial charge in [-0.15, -0.1) is 0 Å². The first-order chi connectivity index (χ1) is 10.2. The van der Waals surface area contributed by atoms with Crippen LogP contribution in [0.3, 0.4) is 0 Å². The van der Waals surface area contributed by atoms with Crippen LogP contribution >= 0.6 is 0 Å². The molecule has 1 aromatic carbocycles. The minimum atomic E-state index is -0.322. The molecule has 2 N–H and O–H groups in total. The Morgan fingerprint density at radius 2 is 1.77 bits per heavy atom. The van der Waals surface area contributed by atoms with Crippen LogP contribution in [-0.2, 0) is 16.0 Å². The Morgan fingerprint density at radius 3 is 2.32 bits per heavy atom. The Hall–Kier alpha value is -2.24. The molecule has 0 heterocycles. The number of nitrogens with one attached hydrogen (secondary N) is 2. The van der Waals surface area contributed by atoms with Crippen molar-refractivity contribution in [3.8, 4) is 11.5 Å². The van der Waals surface area contributed by atoms with Crippen molar-refractivity contribution in [2.75, 3.05) is 20.8 Å². The highest BCUT2D eigenvalue weighted by Crippen LogP contribution is 2.24. The number of benzene rings is 1. The third-order valence-corrected chi connectivity index (χ3v) is 2.80. The molecule has 0 bridgehead atoms. The molecule has 0 aromatic heterocycles. The van der Waals surface area contributed by atoms with E-state index in [4.69, 9.17) is 9.47 Å². The quantitative estimate of drug-likeness (QED) is 0.830. The number of carbonyl (C=O) groups excluding carboxylic acids is 2. The summed E-state index contributed by atoms with van der Waals surface area (Å²) >= 11 is 0. The van der Waals surface area contributed by atoms with Gasteiger partial charge in [-0.3, -0.25) is 9.59 Å². The maximum Gasteiger partial charge on any atom is 0.239 e. The molecule has 0 saturated carbocycles. The standard InChI is InChI=1S/C16H24N2O4/c1-16(2,3)18-15(20)10-17-14(19)9-11-8-12(21-4)6-7-13(11)22-5/h6-8H,9-10H2,1-5H3,(H,17,19)(H,18,20). The fraction of sp³-hybridized carbons (Fsp3) is 0.500. The minimum absolute atomic E-state index is 0.0532. The van der Waals surface area contributed by atoms with Crippen LogP contribution in [0.25, 0.3) is 0 Å². The van der Waals surface area contributed by atoms with E-state index in [0.717, 1.165) is 0 Å². The van der Waals surface area contributed by atoms with Gasteiger partial charge in [0.2, 0.25) is 11.8 Å². The molecule has 0 radical (unpaired) electrons. The number of ether oxygens (including phenoxy) is 2. The molecule has 2 amide bonds. The molecule has 0 saturated heterocycles. The summed E-state index contributed by atoms with van der Waals surface area (Å²) in [7, 11) is 3.10. The Bertz CT molecular complexity index is 535. The van der Waals surface area contributed by atoms with E-state index in [9.17, 15) is 9.59 Å². The minimum Gasteiger partial charge on any atom is -0.497 e. The molecule has 22 heavy (non-hydrogen) atoms. The topological polar surface area (TPSA) is 76.7 Å². The van der Waals surface area contributed by atoms with Crippen LogP contribution in [-0.4, -0.2) is 38.1 Å². The van der Waals surface area contributed by atoms with Crippen molar-refractivity contribution < 1.29 is 19.1 Å². The van der Waals surface area contributed by atoms with Crippen molar-refractivity contribution in [2.45, 2.75) is 32.7 Å². The summed E-state index contributed by atoms with van der Waals surface area (Å²) in [6, 6.07) is 5.25. The van der Waals surface area contributed by atoms with Crippen LogP contribution in [0.4, 0.5) is 0 Å². The van der Waals surface area contributed by atoms with E-state index in [1.54, 1.807) is 32.4 Å². The van der Waals surface area contributed by atoms with Crippen molar-refractivity contribution in [1.82, 2.24) is 10.6 Å². The van der Waals surface area contributed by atoms with Crippen LogP contribution in [0.15, 0.2) is 18.2 Å². The van der Waals surface area contributed by atoms with Gasteiger partial charge in [-0.05, 0) is 39.0 Å². The molecule has 1 aromatic rings. The molecule has 0 atom stereocenters. The number of amides is 2. The van der Waals surface area contributed by atoms with Crippen LogP contribution in [0.5, 0.6) is 11.5 Å². The molecule has 6 nitrogen and oxygen atoms in total. The van der Waals surface area contributed by atoms with Crippen LogP contribution in [0, 0.1) is 0 Å². The predicted molar refractivity (Wildman–Crippen MR) is 84.2 cm³/mol. The number of hydrogen-bond acceptors (Lipinski definition) is 4. The van der Waals surface area contributed by atoms with Crippen LogP contribution < -0.4 is 20.1 Å². The molecule has 0 aliphatic rings. The van der Waals surface area contributed by atoms with E-state index in [-0.39, 0.29) is 30.3 Å². The lowest BCUT2D eigenvalue weighted by atomic mass is 10.1. The molecule has 122 valence electrons. The number of rotatable bonds is 6. The molecule has 0 aliphatic carbocycles. The summed E-state index contributed by atoms with van der Waals surface area (Å²) in [5, 5.41) is 5.38. The van der Waals surface area contributed by atoms with Crippen molar-refractivity contribution in [2.24, 2.45) is 0 Å². The van der Waals surface area contributed by atoms with Gasteiger partial charge >= 0.3 is 0 Å². The van der Waals surface area contributed by atoms with Crippen LogP contribution in [0.1, 0.15) is 26.3 Å². The maximum atomic E-state index is 12.0. The lowest BCUT2D eigenvalue weighted by molar-refractivity contribution is -0.126. The maximum absolute atomic E-state index is 12.0. The lowest BCUT2D eigenvalue weighted by Crippen LogP contribution is -2.46. The fourth-order valence-corrected chi connectivity index (χ4v) is 1.90. The zero-order valence-corrected chi connectivity index (χ0v) is 13.8. The van der Waals surface area contributed by atoms with Gasteiger partial charge in [0.15, 0.2) is 0 Å². The molecule has 0 aliphatic heterocycles. The summed E-state index contributed by atoms with van der Waals surface area (Å²) in [5.41, 5.74) is 0.383. The van der Waals surface area contributed by atoms with Gasteiger partial charge in [0.1, 0.15) is 11.5 Å². The molecule has 6 heteroatoms. The second-order valence-corrected chi connectivity index (χ2v) is 5.93. The van der Waals surface area contributed by atoms with Crippen LogP contribution in [0.2, 0.25) is 0 Å². The first-order valence-corrected chi connectivity index (χ1v) is 7.04. The van der Waals surface area contributed by atoms with Crippen molar-refractivity contribution in [3.63, 3.8) is 0 Å². The second-order valence-electron chi connectivity index (χ2n) is 5.93. The Labute approximate surface area is 131 Å².